The minimum absolute atomic E-state index is 0.168. The van der Waals surface area contributed by atoms with Crippen LogP contribution in [0.15, 0.2) is 35.6 Å². The molecular weight excluding hydrogens is 346 g/mol. The van der Waals surface area contributed by atoms with Crippen molar-refractivity contribution in [3.05, 3.63) is 41.9 Å². The zero-order valence-corrected chi connectivity index (χ0v) is 16.5. The Labute approximate surface area is 157 Å². The van der Waals surface area contributed by atoms with Gasteiger partial charge in [0.1, 0.15) is 0 Å². The molecule has 0 aliphatic rings. The fourth-order valence-electron chi connectivity index (χ4n) is 2.67. The number of thioether (sulfide) groups is 1. The van der Waals surface area contributed by atoms with Crippen molar-refractivity contribution in [3.8, 4) is 0 Å². The van der Waals surface area contributed by atoms with Crippen molar-refractivity contribution in [2.45, 2.75) is 44.7 Å². The van der Waals surface area contributed by atoms with Gasteiger partial charge in [-0.05, 0) is 44.2 Å². The van der Waals surface area contributed by atoms with E-state index in [1.807, 2.05) is 29.1 Å². The highest BCUT2D eigenvalue weighted by Crippen LogP contribution is 2.25. The quantitative estimate of drug-likeness (QED) is 0.670. The average molecular weight is 369 g/mol. The number of anilines is 1. The summed E-state index contributed by atoms with van der Waals surface area (Å²) in [5.74, 6) is 0.0327. The Kier molecular flexibility index (Phi) is 5.27. The molecule has 1 amide bonds. The lowest BCUT2D eigenvalue weighted by Gasteiger charge is -2.12. The summed E-state index contributed by atoms with van der Waals surface area (Å²) >= 11 is 1.56. The second-order valence-electron chi connectivity index (χ2n) is 6.71. The normalized spacial score (nSPS) is 11.5. The van der Waals surface area contributed by atoms with E-state index < -0.39 is 0 Å². The molecule has 6 nitrogen and oxygen atoms in total. The number of rotatable bonds is 5. The lowest BCUT2D eigenvalue weighted by molar-refractivity contribution is 0.102. The fourth-order valence-corrected chi connectivity index (χ4v) is 3.03. The van der Waals surface area contributed by atoms with E-state index >= 15 is 0 Å². The molecule has 3 aromatic rings. The molecule has 3 aromatic heterocycles. The van der Waals surface area contributed by atoms with Crippen LogP contribution in [0.4, 0.5) is 5.69 Å². The van der Waals surface area contributed by atoms with E-state index in [-0.39, 0.29) is 17.9 Å². The Morgan fingerprint density at radius 2 is 1.96 bits per heavy atom. The minimum Gasteiger partial charge on any atom is -0.321 e. The van der Waals surface area contributed by atoms with Crippen LogP contribution in [0.3, 0.4) is 0 Å². The molecule has 3 rings (SSSR count). The zero-order valence-electron chi connectivity index (χ0n) is 15.6. The van der Waals surface area contributed by atoms with Crippen LogP contribution in [0.5, 0.6) is 0 Å². The van der Waals surface area contributed by atoms with Crippen LogP contribution in [0, 0.1) is 0 Å². The number of nitrogens with one attached hydrogen (secondary N) is 1. The van der Waals surface area contributed by atoms with Crippen molar-refractivity contribution in [2.75, 3.05) is 11.6 Å². The van der Waals surface area contributed by atoms with Crippen molar-refractivity contribution in [1.82, 2.24) is 19.7 Å². The molecule has 7 heteroatoms. The second kappa shape index (κ2) is 7.45. The number of nitrogens with zero attached hydrogens (tertiary/aromatic N) is 4. The topological polar surface area (TPSA) is 72.7 Å². The molecule has 0 spiro atoms. The summed E-state index contributed by atoms with van der Waals surface area (Å²) < 4.78 is 1.85. The van der Waals surface area contributed by atoms with E-state index in [9.17, 15) is 4.79 Å². The summed E-state index contributed by atoms with van der Waals surface area (Å²) in [6, 6.07) is 5.77. The second-order valence-corrected chi connectivity index (χ2v) is 7.54. The van der Waals surface area contributed by atoms with E-state index in [2.05, 4.69) is 43.1 Å². The highest BCUT2D eigenvalue weighted by molar-refractivity contribution is 7.98. The van der Waals surface area contributed by atoms with Crippen molar-refractivity contribution in [2.24, 2.45) is 0 Å². The molecule has 0 unspecified atom stereocenters. The van der Waals surface area contributed by atoms with E-state index in [4.69, 9.17) is 4.98 Å². The number of fused-ring (bicyclic) bond motifs is 1. The number of hydrogen-bond donors (Lipinski definition) is 1. The van der Waals surface area contributed by atoms with Crippen molar-refractivity contribution in [1.29, 1.82) is 0 Å². The van der Waals surface area contributed by atoms with Gasteiger partial charge in [-0.3, -0.25) is 4.79 Å². The molecule has 1 N–H and O–H groups in total. The van der Waals surface area contributed by atoms with Gasteiger partial charge in [0, 0.05) is 11.7 Å². The van der Waals surface area contributed by atoms with Crippen LogP contribution in [0.1, 0.15) is 55.7 Å². The molecule has 136 valence electrons. The third-order valence-corrected chi connectivity index (χ3v) is 4.77. The highest BCUT2D eigenvalue weighted by Gasteiger charge is 2.19. The minimum atomic E-state index is -0.179. The first-order chi connectivity index (χ1) is 12.4. The Hall–Kier alpha value is -2.41. The predicted molar refractivity (Wildman–Crippen MR) is 106 cm³/mol. The van der Waals surface area contributed by atoms with Gasteiger partial charge in [0.15, 0.2) is 5.65 Å². The smallest absolute Gasteiger partial charge is 0.256 e. The summed E-state index contributed by atoms with van der Waals surface area (Å²) in [6.07, 6.45) is 5.35. The fraction of sp³-hybridized carbons (Fsp3) is 0.368. The predicted octanol–water partition coefficient (Wildman–Crippen LogP) is 4.50. The summed E-state index contributed by atoms with van der Waals surface area (Å²) in [4.78, 5) is 22.0. The molecule has 0 saturated heterocycles. The maximum atomic E-state index is 12.9. The first kappa shape index (κ1) is 18.4. The molecule has 0 aromatic carbocycles. The van der Waals surface area contributed by atoms with Gasteiger partial charge < -0.3 is 5.32 Å². The van der Waals surface area contributed by atoms with E-state index in [0.717, 1.165) is 21.8 Å². The van der Waals surface area contributed by atoms with E-state index in [0.29, 0.717) is 11.3 Å². The Bertz CT molecular complexity index is 931. The Morgan fingerprint density at radius 3 is 2.54 bits per heavy atom. The average Bonchev–Trinajstić information content (AvgIpc) is 3.05. The van der Waals surface area contributed by atoms with E-state index in [1.165, 1.54) is 0 Å². The summed E-state index contributed by atoms with van der Waals surface area (Å²) in [7, 11) is 0. The van der Waals surface area contributed by atoms with Crippen molar-refractivity contribution in [3.63, 3.8) is 0 Å². The third-order valence-electron chi connectivity index (χ3n) is 4.12. The lowest BCUT2D eigenvalue weighted by Crippen LogP contribution is -2.14. The van der Waals surface area contributed by atoms with Crippen LogP contribution in [-0.2, 0) is 0 Å². The third kappa shape index (κ3) is 3.58. The van der Waals surface area contributed by atoms with Gasteiger partial charge in [-0.25, -0.2) is 14.6 Å². The molecule has 0 saturated carbocycles. The summed E-state index contributed by atoms with van der Waals surface area (Å²) in [6.45, 7) is 8.23. The van der Waals surface area contributed by atoms with Crippen molar-refractivity contribution < 1.29 is 4.79 Å². The van der Waals surface area contributed by atoms with E-state index in [1.54, 1.807) is 24.2 Å². The highest BCUT2D eigenvalue weighted by atomic mass is 32.2. The molecule has 26 heavy (non-hydrogen) atoms. The van der Waals surface area contributed by atoms with Crippen LogP contribution in [-0.4, -0.2) is 31.9 Å². The number of pyridine rings is 2. The van der Waals surface area contributed by atoms with Gasteiger partial charge in [-0.1, -0.05) is 13.8 Å². The monoisotopic (exact) mass is 369 g/mol. The maximum Gasteiger partial charge on any atom is 0.256 e. The molecule has 0 aliphatic carbocycles. The maximum absolute atomic E-state index is 12.9. The van der Waals surface area contributed by atoms with Crippen LogP contribution < -0.4 is 5.32 Å². The number of amides is 1. The first-order valence-electron chi connectivity index (χ1n) is 8.60. The van der Waals surface area contributed by atoms with Crippen molar-refractivity contribution >= 4 is 34.4 Å². The molecular formula is C19H23N5OS. The standard InChI is InChI=1S/C19H23N5OS/c1-11(2)16-8-14(15-10-21-24(12(3)4)18(15)23-16)19(25)22-13-6-7-17(26-5)20-9-13/h6-12H,1-5H3,(H,22,25). The first-order valence-corrected chi connectivity index (χ1v) is 9.82. The van der Waals surface area contributed by atoms with Gasteiger partial charge >= 0.3 is 0 Å². The molecule has 3 heterocycles. The molecule has 0 aliphatic heterocycles. The summed E-state index contributed by atoms with van der Waals surface area (Å²) in [5.41, 5.74) is 2.87. The van der Waals surface area contributed by atoms with Gasteiger partial charge in [-0.15, -0.1) is 11.8 Å². The van der Waals surface area contributed by atoms with Gasteiger partial charge in [-0.2, -0.15) is 5.10 Å². The number of carbonyl (C=O) groups is 1. The van der Waals surface area contributed by atoms with Crippen LogP contribution >= 0.6 is 11.8 Å². The SMILES string of the molecule is CSc1ccc(NC(=O)c2cc(C(C)C)nc3c2cnn3C(C)C)cn1. The molecule has 0 atom stereocenters. The molecule has 0 bridgehead atoms. The molecule has 0 fully saturated rings. The number of hydrogen-bond acceptors (Lipinski definition) is 5. The van der Waals surface area contributed by atoms with Crippen LogP contribution in [0.25, 0.3) is 11.0 Å². The van der Waals surface area contributed by atoms with Crippen LogP contribution in [0.2, 0.25) is 0 Å². The lowest BCUT2D eigenvalue weighted by atomic mass is 10.0. The number of carbonyl (C=O) groups excluding carboxylic acids is 1. The van der Waals surface area contributed by atoms with Gasteiger partial charge in [0.05, 0.1) is 34.1 Å². The van der Waals surface area contributed by atoms with Gasteiger partial charge in [0.25, 0.3) is 5.91 Å². The summed E-state index contributed by atoms with van der Waals surface area (Å²) in [5, 5.41) is 9.03. The Balaban J connectivity index is 2.03. The largest absolute Gasteiger partial charge is 0.321 e. The Morgan fingerprint density at radius 1 is 1.19 bits per heavy atom. The molecule has 0 radical (unpaired) electrons. The number of aromatic nitrogens is 4. The van der Waals surface area contributed by atoms with Gasteiger partial charge in [0.2, 0.25) is 0 Å². The zero-order chi connectivity index (χ0) is 18.8.